The van der Waals surface area contributed by atoms with Crippen LogP contribution in [0.2, 0.25) is 0 Å². The third-order valence-electron chi connectivity index (χ3n) is 2.49. The Kier molecular flexibility index (Phi) is 4.01. The van der Waals surface area contributed by atoms with Gasteiger partial charge >= 0.3 is 0 Å². The molecule has 0 aliphatic heterocycles. The van der Waals surface area contributed by atoms with E-state index in [9.17, 15) is 4.79 Å². The summed E-state index contributed by atoms with van der Waals surface area (Å²) in [5, 5.41) is 8.58. The van der Waals surface area contributed by atoms with Gasteiger partial charge in [0.1, 0.15) is 0 Å². The zero-order valence-electron chi connectivity index (χ0n) is 9.77. The summed E-state index contributed by atoms with van der Waals surface area (Å²) in [4.78, 5) is 17.5. The molecule has 0 fully saturated rings. The number of carbonyl (C=O) groups excluding carboxylic acids is 1. The molecule has 1 aromatic rings. The summed E-state index contributed by atoms with van der Waals surface area (Å²) >= 11 is 0. The average Bonchev–Trinajstić information content (AvgIpc) is 2.27. The average molecular weight is 217 g/mol. The zero-order chi connectivity index (χ0) is 12.1. The quantitative estimate of drug-likeness (QED) is 0.775. The van der Waals surface area contributed by atoms with E-state index in [2.05, 4.69) is 11.1 Å². The molecule has 4 heteroatoms. The number of hydrogen-bond acceptors (Lipinski definition) is 3. The van der Waals surface area contributed by atoms with E-state index in [0.29, 0.717) is 12.0 Å². The minimum Gasteiger partial charge on any atom is -0.338 e. The highest BCUT2D eigenvalue weighted by molar-refractivity contribution is 5.94. The van der Waals surface area contributed by atoms with Gasteiger partial charge in [-0.3, -0.25) is 9.78 Å². The highest BCUT2D eigenvalue weighted by Crippen LogP contribution is 2.08. The molecule has 1 atom stereocenters. The van der Waals surface area contributed by atoms with Crippen molar-refractivity contribution in [1.29, 1.82) is 5.26 Å². The lowest BCUT2D eigenvalue weighted by atomic mass is 10.1. The number of amides is 1. The molecule has 1 heterocycles. The summed E-state index contributed by atoms with van der Waals surface area (Å²) in [5.41, 5.74) is 1.51. The number of aryl methyl sites for hydroxylation is 1. The van der Waals surface area contributed by atoms with E-state index >= 15 is 0 Å². The molecule has 1 rings (SSSR count). The molecule has 0 radical (unpaired) electrons. The number of hydrogen-bond donors (Lipinski definition) is 0. The second-order valence-corrected chi connectivity index (χ2v) is 3.88. The molecule has 0 aromatic carbocycles. The van der Waals surface area contributed by atoms with Gasteiger partial charge in [-0.2, -0.15) is 5.26 Å². The fourth-order valence-corrected chi connectivity index (χ4v) is 1.34. The highest BCUT2D eigenvalue weighted by Gasteiger charge is 2.17. The Hall–Kier alpha value is -1.89. The molecule has 0 spiro atoms. The minimum absolute atomic E-state index is 0.0852. The van der Waals surface area contributed by atoms with Crippen molar-refractivity contribution in [2.75, 3.05) is 7.05 Å². The number of rotatable bonds is 3. The lowest BCUT2D eigenvalue weighted by Gasteiger charge is -2.22. The molecule has 0 saturated carbocycles. The van der Waals surface area contributed by atoms with Crippen molar-refractivity contribution < 1.29 is 4.79 Å². The number of nitriles is 1. The molecule has 16 heavy (non-hydrogen) atoms. The van der Waals surface area contributed by atoms with Gasteiger partial charge in [0.25, 0.3) is 5.91 Å². The van der Waals surface area contributed by atoms with Gasteiger partial charge in [-0.15, -0.1) is 0 Å². The van der Waals surface area contributed by atoms with Crippen LogP contribution in [0, 0.1) is 18.3 Å². The molecular formula is C12H15N3O. The fourth-order valence-electron chi connectivity index (χ4n) is 1.34. The molecule has 0 bridgehead atoms. The van der Waals surface area contributed by atoms with Gasteiger partial charge in [-0.25, -0.2) is 0 Å². The van der Waals surface area contributed by atoms with E-state index in [4.69, 9.17) is 5.26 Å². The molecule has 1 unspecified atom stereocenters. The number of aromatic nitrogens is 1. The van der Waals surface area contributed by atoms with E-state index in [1.165, 1.54) is 0 Å². The van der Waals surface area contributed by atoms with Crippen LogP contribution < -0.4 is 0 Å². The van der Waals surface area contributed by atoms with Crippen LogP contribution in [0.25, 0.3) is 0 Å². The summed E-state index contributed by atoms with van der Waals surface area (Å²) in [6.07, 6.45) is 3.59. The van der Waals surface area contributed by atoms with E-state index in [0.717, 1.165) is 5.56 Å². The van der Waals surface area contributed by atoms with E-state index in [-0.39, 0.29) is 11.9 Å². The third kappa shape index (κ3) is 2.80. The first-order chi connectivity index (χ1) is 7.56. The number of pyridine rings is 1. The van der Waals surface area contributed by atoms with Gasteiger partial charge in [0.05, 0.1) is 18.1 Å². The molecule has 0 aliphatic carbocycles. The van der Waals surface area contributed by atoms with Gasteiger partial charge < -0.3 is 4.90 Å². The van der Waals surface area contributed by atoms with Crippen LogP contribution in [0.15, 0.2) is 18.5 Å². The zero-order valence-corrected chi connectivity index (χ0v) is 9.77. The summed E-state index contributed by atoms with van der Waals surface area (Å²) in [7, 11) is 1.70. The van der Waals surface area contributed by atoms with Gasteiger partial charge in [0, 0.05) is 25.5 Å². The van der Waals surface area contributed by atoms with Crippen molar-refractivity contribution >= 4 is 5.91 Å². The predicted octanol–water partition coefficient (Wildman–Crippen LogP) is 1.76. The van der Waals surface area contributed by atoms with Crippen molar-refractivity contribution in [2.45, 2.75) is 26.3 Å². The maximum absolute atomic E-state index is 12.0. The fraction of sp³-hybridized carbons (Fsp3) is 0.417. The van der Waals surface area contributed by atoms with Crippen molar-refractivity contribution in [3.63, 3.8) is 0 Å². The maximum Gasteiger partial charge on any atom is 0.255 e. The standard InChI is InChI=1S/C12H15N3O/c1-9-6-11(8-14-7-9)12(16)15(3)10(2)4-5-13/h6-8,10H,4H2,1-3H3. The van der Waals surface area contributed by atoms with Crippen molar-refractivity contribution in [3.05, 3.63) is 29.6 Å². The lowest BCUT2D eigenvalue weighted by molar-refractivity contribution is 0.0745. The lowest BCUT2D eigenvalue weighted by Crippen LogP contribution is -2.34. The van der Waals surface area contributed by atoms with Crippen LogP contribution in [0.3, 0.4) is 0 Å². The molecule has 0 saturated heterocycles. The van der Waals surface area contributed by atoms with Crippen LogP contribution in [0.1, 0.15) is 29.3 Å². The van der Waals surface area contributed by atoms with E-state index in [1.807, 2.05) is 13.8 Å². The Morgan fingerprint density at radius 2 is 2.31 bits per heavy atom. The normalized spacial score (nSPS) is 11.6. The number of nitrogens with zero attached hydrogens (tertiary/aromatic N) is 3. The second-order valence-electron chi connectivity index (χ2n) is 3.88. The first kappa shape index (κ1) is 12.2. The Bertz CT molecular complexity index is 423. The van der Waals surface area contributed by atoms with Crippen LogP contribution in [-0.4, -0.2) is 28.9 Å². The molecular weight excluding hydrogens is 202 g/mol. The largest absolute Gasteiger partial charge is 0.338 e. The Balaban J connectivity index is 2.82. The van der Waals surface area contributed by atoms with Crippen molar-refractivity contribution in [3.8, 4) is 6.07 Å². The smallest absolute Gasteiger partial charge is 0.255 e. The first-order valence-corrected chi connectivity index (χ1v) is 5.12. The summed E-state index contributed by atoms with van der Waals surface area (Å²) in [5.74, 6) is -0.0982. The molecule has 4 nitrogen and oxygen atoms in total. The summed E-state index contributed by atoms with van der Waals surface area (Å²) < 4.78 is 0. The van der Waals surface area contributed by atoms with Gasteiger partial charge in [-0.1, -0.05) is 0 Å². The summed E-state index contributed by atoms with van der Waals surface area (Å²) in [6, 6.07) is 3.77. The number of carbonyl (C=O) groups is 1. The van der Waals surface area contributed by atoms with Gasteiger partial charge in [0.15, 0.2) is 0 Å². The van der Waals surface area contributed by atoms with Crippen LogP contribution in [0.4, 0.5) is 0 Å². The van der Waals surface area contributed by atoms with Gasteiger partial charge in [-0.05, 0) is 25.5 Å². The maximum atomic E-state index is 12.0. The van der Waals surface area contributed by atoms with Gasteiger partial charge in [0.2, 0.25) is 0 Å². The molecule has 1 aromatic heterocycles. The second kappa shape index (κ2) is 5.26. The highest BCUT2D eigenvalue weighted by atomic mass is 16.2. The van der Waals surface area contributed by atoms with Crippen LogP contribution in [-0.2, 0) is 0 Å². The minimum atomic E-state index is -0.0982. The molecule has 1 amide bonds. The molecule has 0 aliphatic rings. The van der Waals surface area contributed by atoms with E-state index in [1.54, 1.807) is 30.4 Å². The van der Waals surface area contributed by atoms with Crippen molar-refractivity contribution in [2.24, 2.45) is 0 Å². The molecule has 0 N–H and O–H groups in total. The summed E-state index contributed by atoms with van der Waals surface area (Å²) in [6.45, 7) is 3.74. The van der Waals surface area contributed by atoms with Crippen molar-refractivity contribution in [1.82, 2.24) is 9.88 Å². The SMILES string of the molecule is Cc1cncc(C(=O)N(C)C(C)CC#N)c1. The first-order valence-electron chi connectivity index (χ1n) is 5.12. The molecule has 84 valence electrons. The third-order valence-corrected chi connectivity index (χ3v) is 2.49. The topological polar surface area (TPSA) is 57.0 Å². The van der Waals surface area contributed by atoms with E-state index < -0.39 is 0 Å². The monoisotopic (exact) mass is 217 g/mol. The Labute approximate surface area is 95.5 Å². The Morgan fingerprint density at radius 1 is 1.62 bits per heavy atom. The Morgan fingerprint density at radius 3 is 2.88 bits per heavy atom. The van der Waals surface area contributed by atoms with Crippen LogP contribution >= 0.6 is 0 Å². The van der Waals surface area contributed by atoms with Crippen LogP contribution in [0.5, 0.6) is 0 Å². The predicted molar refractivity (Wildman–Crippen MR) is 60.8 cm³/mol.